The van der Waals surface area contributed by atoms with E-state index in [1.807, 2.05) is 37.9 Å². The van der Waals surface area contributed by atoms with Crippen LogP contribution in [0.4, 0.5) is 0 Å². The number of aliphatic hydroxyl groups excluding tert-OH is 1. The molecule has 0 aliphatic rings. The molecule has 0 heterocycles. The van der Waals surface area contributed by atoms with E-state index in [0.717, 1.165) is 0 Å². The molecule has 19 heavy (non-hydrogen) atoms. The minimum absolute atomic E-state index is 0.000331. The van der Waals surface area contributed by atoms with E-state index in [1.165, 1.54) is 6.92 Å². The molecule has 1 aromatic carbocycles. The number of nitrogens with zero attached hydrogens (tertiary/aromatic N) is 1. The summed E-state index contributed by atoms with van der Waals surface area (Å²) in [5.41, 5.74) is 0.329. The number of ketones is 1. The Hall–Kier alpha value is -1.39. The summed E-state index contributed by atoms with van der Waals surface area (Å²) in [7, 11) is 1.94. The first kappa shape index (κ1) is 15.7. The third-order valence-corrected chi connectivity index (χ3v) is 3.37. The second kappa shape index (κ2) is 6.68. The van der Waals surface area contributed by atoms with Crippen LogP contribution in [-0.4, -0.2) is 48.1 Å². The maximum atomic E-state index is 11.4. The van der Waals surface area contributed by atoms with Gasteiger partial charge in [0.1, 0.15) is 12.4 Å². The molecular weight excluding hydrogens is 242 g/mol. The van der Waals surface area contributed by atoms with Crippen molar-refractivity contribution in [3.8, 4) is 5.75 Å². The third kappa shape index (κ3) is 4.33. The van der Waals surface area contributed by atoms with E-state index >= 15 is 0 Å². The fraction of sp³-hybridized carbons (Fsp3) is 0.533. The molecule has 0 saturated heterocycles. The van der Waals surface area contributed by atoms with Crippen LogP contribution in [0.5, 0.6) is 5.75 Å². The molecule has 106 valence electrons. The lowest BCUT2D eigenvalue weighted by atomic mass is 10.1. The molecule has 0 saturated carbocycles. The standard InChI is InChI=1S/C15H23NO3/c1-12(18)13-7-5-6-8-14(13)19-10-9-16(4)15(2,3)11-17/h5-8,17H,9-11H2,1-4H3. The van der Waals surface area contributed by atoms with Gasteiger partial charge in [-0.3, -0.25) is 9.69 Å². The Balaban J connectivity index is 2.57. The second-order valence-corrected chi connectivity index (χ2v) is 5.29. The van der Waals surface area contributed by atoms with Gasteiger partial charge in [0.05, 0.1) is 12.2 Å². The zero-order valence-corrected chi connectivity index (χ0v) is 12.1. The molecule has 1 aromatic rings. The van der Waals surface area contributed by atoms with E-state index < -0.39 is 0 Å². The number of likely N-dealkylation sites (N-methyl/N-ethyl adjacent to an activating group) is 1. The number of ether oxygens (including phenoxy) is 1. The van der Waals surface area contributed by atoms with Crippen molar-refractivity contribution in [1.29, 1.82) is 0 Å². The van der Waals surface area contributed by atoms with Crippen molar-refractivity contribution in [2.24, 2.45) is 0 Å². The predicted octanol–water partition coefficient (Wildman–Crippen LogP) is 1.97. The quantitative estimate of drug-likeness (QED) is 0.766. The van der Waals surface area contributed by atoms with Crippen LogP contribution in [0, 0.1) is 0 Å². The van der Waals surface area contributed by atoms with Crippen molar-refractivity contribution in [3.63, 3.8) is 0 Å². The lowest BCUT2D eigenvalue weighted by molar-refractivity contribution is 0.0676. The van der Waals surface area contributed by atoms with Gasteiger partial charge in [-0.05, 0) is 40.0 Å². The number of benzene rings is 1. The first-order chi connectivity index (χ1) is 8.88. The van der Waals surface area contributed by atoms with Crippen molar-refractivity contribution in [2.45, 2.75) is 26.3 Å². The van der Waals surface area contributed by atoms with E-state index in [1.54, 1.807) is 12.1 Å². The van der Waals surface area contributed by atoms with Gasteiger partial charge in [0.25, 0.3) is 0 Å². The van der Waals surface area contributed by atoms with E-state index in [-0.39, 0.29) is 17.9 Å². The summed E-state index contributed by atoms with van der Waals surface area (Å²) in [6.07, 6.45) is 0. The third-order valence-electron chi connectivity index (χ3n) is 3.37. The van der Waals surface area contributed by atoms with Gasteiger partial charge < -0.3 is 9.84 Å². The largest absolute Gasteiger partial charge is 0.491 e. The summed E-state index contributed by atoms with van der Waals surface area (Å²) in [6.45, 7) is 6.72. The van der Waals surface area contributed by atoms with Gasteiger partial charge in [-0.1, -0.05) is 12.1 Å². The zero-order valence-electron chi connectivity index (χ0n) is 12.1. The normalized spacial score (nSPS) is 11.7. The monoisotopic (exact) mass is 265 g/mol. The number of para-hydroxylation sites is 1. The van der Waals surface area contributed by atoms with E-state index in [0.29, 0.717) is 24.5 Å². The molecule has 1 N–H and O–H groups in total. The van der Waals surface area contributed by atoms with Gasteiger partial charge in [0.15, 0.2) is 5.78 Å². The highest BCUT2D eigenvalue weighted by molar-refractivity contribution is 5.96. The highest BCUT2D eigenvalue weighted by Gasteiger charge is 2.22. The molecule has 0 amide bonds. The van der Waals surface area contributed by atoms with Gasteiger partial charge in [0.2, 0.25) is 0 Å². The molecule has 0 aliphatic carbocycles. The minimum Gasteiger partial charge on any atom is -0.491 e. The number of aliphatic hydroxyl groups is 1. The zero-order chi connectivity index (χ0) is 14.5. The summed E-state index contributed by atoms with van der Waals surface area (Å²) in [4.78, 5) is 13.5. The molecule has 0 aromatic heterocycles. The van der Waals surface area contributed by atoms with E-state index in [4.69, 9.17) is 4.74 Å². The molecule has 0 spiro atoms. The Bertz CT molecular complexity index is 429. The Labute approximate surface area is 115 Å². The van der Waals surface area contributed by atoms with Crippen LogP contribution in [0.2, 0.25) is 0 Å². The molecule has 0 bridgehead atoms. The van der Waals surface area contributed by atoms with Crippen molar-refractivity contribution < 1.29 is 14.6 Å². The summed E-state index contributed by atoms with van der Waals surface area (Å²) >= 11 is 0. The van der Waals surface area contributed by atoms with Gasteiger partial charge >= 0.3 is 0 Å². The number of Topliss-reactive ketones (excluding diaryl/α,β-unsaturated/α-hetero) is 1. The lowest BCUT2D eigenvalue weighted by Gasteiger charge is -2.33. The van der Waals surface area contributed by atoms with E-state index in [2.05, 4.69) is 0 Å². The number of carbonyl (C=O) groups excluding carboxylic acids is 1. The Morgan fingerprint density at radius 3 is 2.58 bits per heavy atom. The molecule has 1 rings (SSSR count). The molecule has 0 unspecified atom stereocenters. The van der Waals surface area contributed by atoms with Crippen molar-refractivity contribution >= 4 is 5.78 Å². The molecule has 4 heteroatoms. The maximum absolute atomic E-state index is 11.4. The topological polar surface area (TPSA) is 49.8 Å². The van der Waals surface area contributed by atoms with Crippen LogP contribution >= 0.6 is 0 Å². The molecule has 4 nitrogen and oxygen atoms in total. The number of hydrogen-bond donors (Lipinski definition) is 1. The predicted molar refractivity (Wildman–Crippen MR) is 75.7 cm³/mol. The number of rotatable bonds is 7. The fourth-order valence-corrected chi connectivity index (χ4v) is 1.60. The average molecular weight is 265 g/mol. The molecule has 0 fully saturated rings. The first-order valence-corrected chi connectivity index (χ1v) is 6.43. The fourth-order valence-electron chi connectivity index (χ4n) is 1.60. The Morgan fingerprint density at radius 1 is 1.37 bits per heavy atom. The van der Waals surface area contributed by atoms with Crippen LogP contribution in [0.25, 0.3) is 0 Å². The lowest BCUT2D eigenvalue weighted by Crippen LogP contribution is -2.45. The smallest absolute Gasteiger partial charge is 0.163 e. The van der Waals surface area contributed by atoms with Crippen LogP contribution in [0.15, 0.2) is 24.3 Å². The summed E-state index contributed by atoms with van der Waals surface area (Å²) in [5.74, 6) is 0.616. The molecule has 0 atom stereocenters. The highest BCUT2D eigenvalue weighted by atomic mass is 16.5. The van der Waals surface area contributed by atoms with Crippen molar-refractivity contribution in [3.05, 3.63) is 29.8 Å². The van der Waals surface area contributed by atoms with Crippen LogP contribution in [0.3, 0.4) is 0 Å². The van der Waals surface area contributed by atoms with Gasteiger partial charge in [0, 0.05) is 12.1 Å². The molecule has 0 aliphatic heterocycles. The van der Waals surface area contributed by atoms with Crippen LogP contribution < -0.4 is 4.74 Å². The SMILES string of the molecule is CC(=O)c1ccccc1OCCN(C)C(C)(C)CO. The first-order valence-electron chi connectivity index (χ1n) is 6.43. The van der Waals surface area contributed by atoms with Gasteiger partial charge in [-0.15, -0.1) is 0 Å². The Morgan fingerprint density at radius 2 is 2.00 bits per heavy atom. The summed E-state index contributed by atoms with van der Waals surface area (Å²) in [5, 5.41) is 9.27. The Kier molecular flexibility index (Phi) is 5.51. The average Bonchev–Trinajstić information content (AvgIpc) is 2.38. The molecule has 0 radical (unpaired) electrons. The van der Waals surface area contributed by atoms with E-state index in [9.17, 15) is 9.90 Å². The summed E-state index contributed by atoms with van der Waals surface area (Å²) < 4.78 is 5.66. The van der Waals surface area contributed by atoms with Gasteiger partial charge in [-0.25, -0.2) is 0 Å². The second-order valence-electron chi connectivity index (χ2n) is 5.29. The number of carbonyl (C=O) groups is 1. The number of hydrogen-bond acceptors (Lipinski definition) is 4. The van der Waals surface area contributed by atoms with Crippen LogP contribution in [-0.2, 0) is 0 Å². The van der Waals surface area contributed by atoms with Crippen molar-refractivity contribution in [1.82, 2.24) is 4.90 Å². The van der Waals surface area contributed by atoms with Gasteiger partial charge in [-0.2, -0.15) is 0 Å². The molecular formula is C15H23NO3. The summed E-state index contributed by atoms with van der Waals surface area (Å²) in [6, 6.07) is 7.24. The van der Waals surface area contributed by atoms with Crippen molar-refractivity contribution in [2.75, 3.05) is 26.8 Å². The van der Waals surface area contributed by atoms with Crippen LogP contribution in [0.1, 0.15) is 31.1 Å². The highest BCUT2D eigenvalue weighted by Crippen LogP contribution is 2.18. The maximum Gasteiger partial charge on any atom is 0.163 e. The minimum atomic E-state index is -0.274.